The molecule has 0 aliphatic heterocycles. The van der Waals surface area contributed by atoms with E-state index in [9.17, 15) is 4.79 Å². The van der Waals surface area contributed by atoms with E-state index in [1.54, 1.807) is 18.3 Å². The predicted octanol–water partition coefficient (Wildman–Crippen LogP) is 4.77. The molecular formula is C19H17BrN2O3S. The van der Waals surface area contributed by atoms with E-state index in [1.165, 1.54) is 31.1 Å². The van der Waals surface area contributed by atoms with Crippen LogP contribution in [0.25, 0.3) is 0 Å². The number of amides is 1. The van der Waals surface area contributed by atoms with E-state index in [2.05, 4.69) is 38.4 Å². The van der Waals surface area contributed by atoms with Gasteiger partial charge in [0.05, 0.1) is 14.2 Å². The van der Waals surface area contributed by atoms with Crippen LogP contribution in [0.4, 0.5) is 5.13 Å². The number of methoxy groups -OCH3 is 2. The molecule has 1 aromatic heterocycles. The minimum Gasteiger partial charge on any atom is -0.495 e. The lowest BCUT2D eigenvalue weighted by molar-refractivity contribution is 0.102. The Bertz CT molecular complexity index is 887. The third-order valence-corrected chi connectivity index (χ3v) is 5.40. The van der Waals surface area contributed by atoms with Crippen molar-refractivity contribution in [3.63, 3.8) is 0 Å². The molecule has 7 heteroatoms. The van der Waals surface area contributed by atoms with Crippen molar-refractivity contribution in [2.75, 3.05) is 19.5 Å². The second-order valence-corrected chi connectivity index (χ2v) is 7.35. The molecule has 3 aromatic rings. The van der Waals surface area contributed by atoms with Gasteiger partial charge in [0.25, 0.3) is 5.91 Å². The van der Waals surface area contributed by atoms with Crippen molar-refractivity contribution in [1.29, 1.82) is 0 Å². The summed E-state index contributed by atoms with van der Waals surface area (Å²) in [6.07, 6.45) is 2.57. The summed E-state index contributed by atoms with van der Waals surface area (Å²) >= 11 is 4.85. The first-order valence-corrected chi connectivity index (χ1v) is 9.43. The molecule has 0 radical (unpaired) electrons. The van der Waals surface area contributed by atoms with Crippen LogP contribution in [0, 0.1) is 0 Å². The van der Waals surface area contributed by atoms with Crippen molar-refractivity contribution in [3.8, 4) is 11.5 Å². The molecule has 1 heterocycles. The highest BCUT2D eigenvalue weighted by Gasteiger charge is 2.16. The van der Waals surface area contributed by atoms with Gasteiger partial charge in [0, 0.05) is 23.1 Å². The zero-order valence-corrected chi connectivity index (χ0v) is 16.7. The van der Waals surface area contributed by atoms with Crippen LogP contribution in [-0.2, 0) is 6.42 Å². The summed E-state index contributed by atoms with van der Waals surface area (Å²) in [5, 5.41) is 3.39. The van der Waals surface area contributed by atoms with E-state index in [0.29, 0.717) is 26.7 Å². The number of halogens is 1. The van der Waals surface area contributed by atoms with E-state index in [4.69, 9.17) is 9.47 Å². The topological polar surface area (TPSA) is 60.5 Å². The van der Waals surface area contributed by atoms with Crippen LogP contribution >= 0.6 is 27.3 Å². The fourth-order valence-electron chi connectivity index (χ4n) is 2.41. The number of nitrogens with one attached hydrogen (secondary N) is 1. The third kappa shape index (κ3) is 4.23. The van der Waals surface area contributed by atoms with Crippen LogP contribution in [0.5, 0.6) is 11.5 Å². The van der Waals surface area contributed by atoms with Crippen LogP contribution in [0.1, 0.15) is 20.8 Å². The first-order valence-electron chi connectivity index (χ1n) is 7.82. The van der Waals surface area contributed by atoms with Gasteiger partial charge in [0.1, 0.15) is 16.0 Å². The van der Waals surface area contributed by atoms with Crippen molar-refractivity contribution >= 4 is 38.3 Å². The average molecular weight is 433 g/mol. The molecule has 1 amide bonds. The number of anilines is 1. The number of hydrogen-bond acceptors (Lipinski definition) is 5. The molecule has 5 nitrogen and oxygen atoms in total. The van der Waals surface area contributed by atoms with Gasteiger partial charge in [-0.15, -0.1) is 11.3 Å². The van der Waals surface area contributed by atoms with Gasteiger partial charge in [-0.2, -0.15) is 0 Å². The number of carbonyl (C=O) groups excluding carboxylic acids is 1. The minimum atomic E-state index is -0.269. The summed E-state index contributed by atoms with van der Waals surface area (Å²) in [5.41, 5.74) is 1.64. The summed E-state index contributed by atoms with van der Waals surface area (Å²) in [6.45, 7) is 0. The second kappa shape index (κ2) is 8.33. The smallest absolute Gasteiger partial charge is 0.257 e. The lowest BCUT2D eigenvalue weighted by Gasteiger charge is -2.11. The van der Waals surface area contributed by atoms with Crippen LogP contribution in [-0.4, -0.2) is 25.1 Å². The van der Waals surface area contributed by atoms with Crippen molar-refractivity contribution in [2.24, 2.45) is 0 Å². The molecule has 0 bridgehead atoms. The Morgan fingerprint density at radius 3 is 2.42 bits per heavy atom. The monoisotopic (exact) mass is 432 g/mol. The van der Waals surface area contributed by atoms with E-state index < -0.39 is 0 Å². The lowest BCUT2D eigenvalue weighted by Crippen LogP contribution is -2.12. The van der Waals surface area contributed by atoms with E-state index >= 15 is 0 Å². The van der Waals surface area contributed by atoms with Gasteiger partial charge < -0.3 is 9.47 Å². The first-order chi connectivity index (χ1) is 12.6. The van der Waals surface area contributed by atoms with Crippen LogP contribution in [0.2, 0.25) is 0 Å². The van der Waals surface area contributed by atoms with E-state index in [-0.39, 0.29) is 5.91 Å². The number of hydrogen-bond donors (Lipinski definition) is 1. The van der Waals surface area contributed by atoms with E-state index in [0.717, 1.165) is 11.3 Å². The van der Waals surface area contributed by atoms with E-state index in [1.807, 2.05) is 18.2 Å². The van der Waals surface area contributed by atoms with Gasteiger partial charge in [-0.05, 0) is 33.6 Å². The highest BCUT2D eigenvalue weighted by Crippen LogP contribution is 2.36. The third-order valence-electron chi connectivity index (χ3n) is 3.70. The fraction of sp³-hybridized carbons (Fsp3) is 0.158. The molecule has 1 N–H and O–H groups in total. The number of aromatic nitrogens is 1. The van der Waals surface area contributed by atoms with Crippen molar-refractivity contribution < 1.29 is 14.3 Å². The largest absolute Gasteiger partial charge is 0.495 e. The van der Waals surface area contributed by atoms with Crippen molar-refractivity contribution in [1.82, 2.24) is 4.98 Å². The Morgan fingerprint density at radius 1 is 1.15 bits per heavy atom. The van der Waals surface area contributed by atoms with Gasteiger partial charge >= 0.3 is 0 Å². The molecule has 0 aliphatic carbocycles. The average Bonchev–Trinajstić information content (AvgIpc) is 3.09. The zero-order valence-electron chi connectivity index (χ0n) is 14.3. The molecule has 2 aromatic carbocycles. The van der Waals surface area contributed by atoms with Crippen molar-refractivity contribution in [2.45, 2.75) is 6.42 Å². The fourth-order valence-corrected chi connectivity index (χ4v) is 3.81. The second-order valence-electron chi connectivity index (χ2n) is 5.44. The molecule has 134 valence electrons. The van der Waals surface area contributed by atoms with Gasteiger partial charge in [-0.3, -0.25) is 10.1 Å². The molecule has 0 atom stereocenters. The van der Waals surface area contributed by atoms with Gasteiger partial charge in [-0.1, -0.05) is 30.3 Å². The Balaban J connectivity index is 1.74. The molecule has 0 saturated carbocycles. The quantitative estimate of drug-likeness (QED) is 0.609. The zero-order chi connectivity index (χ0) is 18.5. The molecule has 0 aliphatic rings. The molecule has 0 spiro atoms. The summed E-state index contributed by atoms with van der Waals surface area (Å²) in [6, 6.07) is 13.4. The Labute approximate surface area is 164 Å². The standard InChI is InChI=1S/C19H17BrN2O3S/c1-24-15-9-13(10-16(25-2)17(15)20)18(23)22-19-21-11-14(26-19)8-12-6-4-3-5-7-12/h3-7,9-11H,8H2,1-2H3,(H,21,22,23). The highest BCUT2D eigenvalue weighted by molar-refractivity contribution is 9.10. The molecule has 26 heavy (non-hydrogen) atoms. The van der Waals surface area contributed by atoms with Gasteiger partial charge in [0.15, 0.2) is 5.13 Å². The minimum absolute atomic E-state index is 0.269. The Morgan fingerprint density at radius 2 is 1.81 bits per heavy atom. The number of nitrogens with zero attached hydrogens (tertiary/aromatic N) is 1. The summed E-state index contributed by atoms with van der Waals surface area (Å²) in [4.78, 5) is 17.9. The number of carbonyl (C=O) groups is 1. The number of rotatable bonds is 6. The first kappa shape index (κ1) is 18.4. The van der Waals surface area contributed by atoms with Crippen LogP contribution in [0.3, 0.4) is 0 Å². The molecule has 0 saturated heterocycles. The summed E-state index contributed by atoms with van der Waals surface area (Å²) < 4.78 is 11.2. The Kier molecular flexibility index (Phi) is 5.90. The number of thiazole rings is 1. The maximum absolute atomic E-state index is 12.6. The molecule has 0 unspecified atom stereocenters. The Hall–Kier alpha value is -2.38. The number of ether oxygens (including phenoxy) is 2. The molecular weight excluding hydrogens is 416 g/mol. The molecule has 0 fully saturated rings. The number of benzene rings is 2. The van der Waals surface area contributed by atoms with Crippen LogP contribution < -0.4 is 14.8 Å². The maximum Gasteiger partial charge on any atom is 0.257 e. The maximum atomic E-state index is 12.6. The van der Waals surface area contributed by atoms with Gasteiger partial charge in [0.2, 0.25) is 0 Å². The SMILES string of the molecule is COc1cc(C(=O)Nc2ncc(Cc3ccccc3)s2)cc(OC)c1Br. The predicted molar refractivity (Wildman–Crippen MR) is 107 cm³/mol. The normalized spacial score (nSPS) is 10.4. The van der Waals surface area contributed by atoms with Crippen molar-refractivity contribution in [3.05, 3.63) is 69.1 Å². The molecule has 3 rings (SSSR count). The summed E-state index contributed by atoms with van der Waals surface area (Å²) in [7, 11) is 3.08. The highest BCUT2D eigenvalue weighted by atomic mass is 79.9. The van der Waals surface area contributed by atoms with Crippen LogP contribution in [0.15, 0.2) is 53.1 Å². The lowest BCUT2D eigenvalue weighted by atomic mass is 10.1. The summed E-state index contributed by atoms with van der Waals surface area (Å²) in [5.74, 6) is 0.784. The van der Waals surface area contributed by atoms with Gasteiger partial charge in [-0.25, -0.2) is 4.98 Å².